The molecule has 25 heavy (non-hydrogen) atoms. The summed E-state index contributed by atoms with van der Waals surface area (Å²) in [5.74, 6) is -2.70. The van der Waals surface area contributed by atoms with Gasteiger partial charge < -0.3 is 9.94 Å². The lowest BCUT2D eigenvalue weighted by Crippen LogP contribution is -2.51. The zero-order valence-electron chi connectivity index (χ0n) is 13.5. The van der Waals surface area contributed by atoms with Crippen LogP contribution in [-0.4, -0.2) is 33.9 Å². The van der Waals surface area contributed by atoms with Crippen molar-refractivity contribution >= 4 is 23.8 Å². The molecule has 0 spiro atoms. The minimum atomic E-state index is -0.811. The summed E-state index contributed by atoms with van der Waals surface area (Å²) in [6.07, 6.45) is 2.46. The number of carboxylic acid groups (broad SMARTS) is 1. The van der Waals surface area contributed by atoms with Crippen molar-refractivity contribution in [1.82, 2.24) is 5.06 Å². The lowest BCUT2D eigenvalue weighted by Gasteiger charge is -2.49. The van der Waals surface area contributed by atoms with Crippen LogP contribution in [0.5, 0.6) is 0 Å². The molecule has 1 aromatic rings. The molecule has 2 bridgehead atoms. The standard InChI is InChI=1S/C18H17NO6/c20-13-11-3-1-2-4-12(11)14(21)19(13)25-16(24)18-8-5-17(6-9-18,7-10-18)15(22)23/h1-4H,5-10H2,(H,22,23). The van der Waals surface area contributed by atoms with E-state index in [-0.39, 0.29) is 11.1 Å². The number of amides is 2. The Hall–Kier alpha value is -2.70. The largest absolute Gasteiger partial charge is 0.481 e. The van der Waals surface area contributed by atoms with Crippen LogP contribution in [-0.2, 0) is 14.4 Å². The van der Waals surface area contributed by atoms with Gasteiger partial charge in [-0.3, -0.25) is 14.4 Å². The molecular formula is C18H17NO6. The van der Waals surface area contributed by atoms with E-state index in [0.717, 1.165) is 0 Å². The fourth-order valence-electron chi connectivity index (χ4n) is 4.24. The second-order valence-corrected chi connectivity index (χ2v) is 7.19. The fraction of sp³-hybridized carbons (Fsp3) is 0.444. The normalized spacial score (nSPS) is 30.3. The fourth-order valence-corrected chi connectivity index (χ4v) is 4.24. The Bertz CT molecular complexity index is 754. The molecule has 7 nitrogen and oxygen atoms in total. The maximum absolute atomic E-state index is 12.7. The number of hydrogen-bond acceptors (Lipinski definition) is 5. The molecule has 1 aliphatic heterocycles. The van der Waals surface area contributed by atoms with Gasteiger partial charge in [-0.15, -0.1) is 0 Å². The van der Waals surface area contributed by atoms with Gasteiger partial charge in [-0.1, -0.05) is 17.2 Å². The molecule has 7 heteroatoms. The molecule has 1 aromatic carbocycles. The summed E-state index contributed by atoms with van der Waals surface area (Å²) in [7, 11) is 0. The predicted molar refractivity (Wildman–Crippen MR) is 83.2 cm³/mol. The van der Waals surface area contributed by atoms with Crippen LogP contribution in [0.2, 0.25) is 0 Å². The molecule has 3 aliphatic carbocycles. The van der Waals surface area contributed by atoms with E-state index in [2.05, 4.69) is 0 Å². The molecule has 3 saturated carbocycles. The molecule has 2 amide bonds. The number of rotatable bonds is 3. The van der Waals surface area contributed by atoms with Crippen LogP contribution in [0, 0.1) is 10.8 Å². The van der Waals surface area contributed by atoms with Crippen LogP contribution in [0.1, 0.15) is 59.2 Å². The number of imide groups is 1. The van der Waals surface area contributed by atoms with Crippen LogP contribution in [0.4, 0.5) is 0 Å². The highest BCUT2D eigenvalue weighted by atomic mass is 16.7. The van der Waals surface area contributed by atoms with Gasteiger partial charge in [-0.25, -0.2) is 4.79 Å². The van der Waals surface area contributed by atoms with Gasteiger partial charge >= 0.3 is 11.9 Å². The van der Waals surface area contributed by atoms with Gasteiger partial charge in [-0.05, 0) is 50.7 Å². The molecule has 0 radical (unpaired) electrons. The van der Waals surface area contributed by atoms with E-state index in [1.807, 2.05) is 0 Å². The molecule has 1 heterocycles. The first-order chi connectivity index (χ1) is 11.9. The summed E-state index contributed by atoms with van der Waals surface area (Å²) in [5, 5.41) is 9.96. The van der Waals surface area contributed by atoms with E-state index in [9.17, 15) is 24.3 Å². The second kappa shape index (κ2) is 5.15. The number of fused-ring (bicyclic) bond motifs is 4. The Morgan fingerprint density at radius 3 is 1.76 bits per heavy atom. The highest BCUT2D eigenvalue weighted by Gasteiger charge is 2.57. The monoisotopic (exact) mass is 343 g/mol. The van der Waals surface area contributed by atoms with Gasteiger partial charge in [0.1, 0.15) is 0 Å². The zero-order valence-corrected chi connectivity index (χ0v) is 13.5. The first kappa shape index (κ1) is 15.8. The van der Waals surface area contributed by atoms with Crippen LogP contribution in [0.3, 0.4) is 0 Å². The molecule has 0 saturated heterocycles. The van der Waals surface area contributed by atoms with E-state index >= 15 is 0 Å². The van der Waals surface area contributed by atoms with Crippen LogP contribution in [0.25, 0.3) is 0 Å². The molecule has 1 N–H and O–H groups in total. The Morgan fingerprint density at radius 1 is 0.880 bits per heavy atom. The lowest BCUT2D eigenvalue weighted by atomic mass is 9.54. The number of aliphatic carboxylic acids is 1. The predicted octanol–water partition coefficient (Wildman–Crippen LogP) is 2.17. The van der Waals surface area contributed by atoms with Crippen LogP contribution >= 0.6 is 0 Å². The van der Waals surface area contributed by atoms with Gasteiger partial charge in [0, 0.05) is 0 Å². The van der Waals surface area contributed by atoms with Crippen molar-refractivity contribution in [3.63, 3.8) is 0 Å². The maximum atomic E-state index is 12.7. The minimum absolute atomic E-state index is 0.218. The number of carboxylic acids is 1. The third-order valence-electron chi connectivity index (χ3n) is 6.06. The lowest BCUT2D eigenvalue weighted by molar-refractivity contribution is -0.193. The van der Waals surface area contributed by atoms with Crippen molar-refractivity contribution < 1.29 is 29.1 Å². The summed E-state index contributed by atoms with van der Waals surface area (Å²) >= 11 is 0. The highest BCUT2D eigenvalue weighted by molar-refractivity contribution is 6.20. The summed E-state index contributed by atoms with van der Waals surface area (Å²) in [6, 6.07) is 6.32. The van der Waals surface area contributed by atoms with Crippen LogP contribution < -0.4 is 0 Å². The van der Waals surface area contributed by atoms with E-state index < -0.39 is 34.6 Å². The molecule has 130 valence electrons. The average molecular weight is 343 g/mol. The molecule has 5 rings (SSSR count). The van der Waals surface area contributed by atoms with E-state index in [1.165, 1.54) is 12.1 Å². The molecule has 4 aliphatic rings. The first-order valence-corrected chi connectivity index (χ1v) is 8.32. The van der Waals surface area contributed by atoms with Crippen molar-refractivity contribution in [2.45, 2.75) is 38.5 Å². The first-order valence-electron chi connectivity index (χ1n) is 8.32. The van der Waals surface area contributed by atoms with E-state index in [1.54, 1.807) is 12.1 Å². The van der Waals surface area contributed by atoms with Gasteiger partial charge in [0.25, 0.3) is 11.8 Å². The number of nitrogens with zero attached hydrogens (tertiary/aromatic N) is 1. The Morgan fingerprint density at radius 2 is 1.32 bits per heavy atom. The van der Waals surface area contributed by atoms with Crippen molar-refractivity contribution in [1.29, 1.82) is 0 Å². The third kappa shape index (κ3) is 2.11. The number of benzene rings is 1. The van der Waals surface area contributed by atoms with E-state index in [0.29, 0.717) is 43.6 Å². The Kier molecular flexibility index (Phi) is 3.25. The summed E-state index contributed by atoms with van der Waals surface area (Å²) < 4.78 is 0. The molecule has 0 unspecified atom stereocenters. The van der Waals surface area contributed by atoms with Gasteiger partial charge in [0.2, 0.25) is 0 Å². The number of carbonyl (C=O) groups is 4. The Balaban J connectivity index is 1.52. The van der Waals surface area contributed by atoms with Crippen molar-refractivity contribution in [3.8, 4) is 0 Å². The summed E-state index contributed by atoms with van der Waals surface area (Å²) in [6.45, 7) is 0. The summed E-state index contributed by atoms with van der Waals surface area (Å²) in [5.41, 5.74) is -1.10. The quantitative estimate of drug-likeness (QED) is 0.844. The zero-order chi connectivity index (χ0) is 17.8. The SMILES string of the molecule is O=C1c2ccccc2C(=O)N1OC(=O)C12CCC(C(=O)O)(CC1)CC2. The topological polar surface area (TPSA) is 101 Å². The van der Waals surface area contributed by atoms with Crippen LogP contribution in [0.15, 0.2) is 24.3 Å². The number of hydroxylamine groups is 2. The molecule has 0 atom stereocenters. The number of carbonyl (C=O) groups excluding carboxylic acids is 3. The molecule has 3 fully saturated rings. The minimum Gasteiger partial charge on any atom is -0.481 e. The van der Waals surface area contributed by atoms with E-state index in [4.69, 9.17) is 4.84 Å². The van der Waals surface area contributed by atoms with Gasteiger partial charge in [0.15, 0.2) is 0 Å². The van der Waals surface area contributed by atoms with Gasteiger partial charge in [-0.2, -0.15) is 0 Å². The Labute approximate surface area is 143 Å². The average Bonchev–Trinajstić information content (AvgIpc) is 2.88. The van der Waals surface area contributed by atoms with Crippen molar-refractivity contribution in [3.05, 3.63) is 35.4 Å². The second-order valence-electron chi connectivity index (χ2n) is 7.19. The van der Waals surface area contributed by atoms with Crippen molar-refractivity contribution in [2.75, 3.05) is 0 Å². The maximum Gasteiger partial charge on any atom is 0.339 e. The van der Waals surface area contributed by atoms with Gasteiger partial charge in [0.05, 0.1) is 22.0 Å². The molecule has 0 aromatic heterocycles. The van der Waals surface area contributed by atoms with Crippen molar-refractivity contribution in [2.24, 2.45) is 10.8 Å². The highest BCUT2D eigenvalue weighted by Crippen LogP contribution is 2.57. The summed E-state index contributed by atoms with van der Waals surface area (Å²) in [4.78, 5) is 54.1. The smallest absolute Gasteiger partial charge is 0.339 e. The molecular weight excluding hydrogens is 326 g/mol. The third-order valence-corrected chi connectivity index (χ3v) is 6.06. The number of hydrogen-bond donors (Lipinski definition) is 1.